The van der Waals surface area contributed by atoms with Gasteiger partial charge in [-0.2, -0.15) is 0 Å². The number of nitrogen functional groups attached to an aromatic ring is 1. The lowest BCUT2D eigenvalue weighted by Crippen LogP contribution is -2.26. The third-order valence-electron chi connectivity index (χ3n) is 4.16. The van der Waals surface area contributed by atoms with Crippen LogP contribution in [0.25, 0.3) is 10.2 Å². The van der Waals surface area contributed by atoms with Crippen LogP contribution in [-0.2, 0) is 0 Å². The van der Waals surface area contributed by atoms with Crippen molar-refractivity contribution in [3.05, 3.63) is 47.2 Å². The Kier molecular flexibility index (Phi) is 5.91. The summed E-state index contributed by atoms with van der Waals surface area (Å²) in [5.41, 5.74) is 6.56. The molecule has 0 aliphatic carbocycles. The number of nitrogens with two attached hydrogens (primary N) is 1. The molecule has 1 saturated heterocycles. The van der Waals surface area contributed by atoms with Gasteiger partial charge < -0.3 is 15.4 Å². The number of pyridine rings is 1. The fraction of sp³-hybridized carbons (Fsp3) is 0.300. The zero-order chi connectivity index (χ0) is 19.4. The lowest BCUT2D eigenvalue weighted by atomic mass is 10.3. The molecule has 1 aromatic carbocycles. The third-order valence-corrected chi connectivity index (χ3v) is 5.28. The molecular weight excluding hydrogens is 365 g/mol. The van der Waals surface area contributed by atoms with Crippen molar-refractivity contribution in [2.24, 2.45) is 0 Å². The van der Waals surface area contributed by atoms with Crippen molar-refractivity contribution in [3.63, 3.8) is 0 Å². The number of hydrogen-bond acceptors (Lipinski definition) is 5. The van der Waals surface area contributed by atoms with E-state index in [0.717, 1.165) is 30.6 Å². The molecule has 2 N–H and O–H groups in total. The summed E-state index contributed by atoms with van der Waals surface area (Å²) in [4.78, 5) is 19.3. The molecule has 5 nitrogen and oxygen atoms in total. The van der Waals surface area contributed by atoms with Gasteiger partial charge in [0.2, 0.25) is 0 Å². The monoisotopic (exact) mass is 387 g/mol. The Morgan fingerprint density at radius 3 is 2.63 bits per heavy atom. The predicted molar refractivity (Wildman–Crippen MR) is 107 cm³/mol. The lowest BCUT2D eigenvalue weighted by molar-refractivity contribution is 0.0797. The number of anilines is 1. The van der Waals surface area contributed by atoms with Crippen LogP contribution >= 0.6 is 11.3 Å². The van der Waals surface area contributed by atoms with E-state index in [1.807, 2.05) is 18.7 Å². The Morgan fingerprint density at radius 2 is 1.93 bits per heavy atom. The minimum atomic E-state index is -0.533. The minimum Gasteiger partial charge on any atom is -0.453 e. The van der Waals surface area contributed by atoms with E-state index in [4.69, 9.17) is 10.5 Å². The summed E-state index contributed by atoms with van der Waals surface area (Å²) in [5.74, 6) is 0.0432. The van der Waals surface area contributed by atoms with Crippen molar-refractivity contribution in [1.29, 1.82) is 0 Å². The van der Waals surface area contributed by atoms with Gasteiger partial charge in [0.05, 0.1) is 15.1 Å². The summed E-state index contributed by atoms with van der Waals surface area (Å²) in [6.07, 6.45) is 3.67. The summed E-state index contributed by atoms with van der Waals surface area (Å²) in [6, 6.07) is 7.71. The summed E-state index contributed by atoms with van der Waals surface area (Å²) in [7, 11) is 0. The number of carbonyl (C=O) groups excluding carboxylic acids is 1. The molecule has 142 valence electrons. The van der Waals surface area contributed by atoms with Crippen LogP contribution in [0, 0.1) is 5.82 Å². The van der Waals surface area contributed by atoms with E-state index in [-0.39, 0.29) is 11.7 Å². The first kappa shape index (κ1) is 19.1. The van der Waals surface area contributed by atoms with E-state index in [2.05, 4.69) is 4.98 Å². The number of hydrogen-bond donors (Lipinski definition) is 1. The highest BCUT2D eigenvalue weighted by Crippen LogP contribution is 2.36. The van der Waals surface area contributed by atoms with E-state index in [0.29, 0.717) is 21.8 Å². The SMILES string of the molecule is CC.Nc1ccc(Oc2ccnc3cc(C(=O)N4CCCC4)sc23)c(F)c1. The molecule has 1 amide bonds. The molecule has 1 fully saturated rings. The molecule has 0 atom stereocenters. The molecule has 7 heteroatoms. The molecule has 0 spiro atoms. The number of nitrogens with zero attached hydrogens (tertiary/aromatic N) is 2. The van der Waals surface area contributed by atoms with E-state index in [1.165, 1.54) is 23.5 Å². The van der Waals surface area contributed by atoms with Gasteiger partial charge in [-0.25, -0.2) is 4.39 Å². The predicted octanol–water partition coefficient (Wildman–Crippen LogP) is 5.07. The summed E-state index contributed by atoms with van der Waals surface area (Å²) in [6.45, 7) is 5.58. The van der Waals surface area contributed by atoms with E-state index in [9.17, 15) is 9.18 Å². The van der Waals surface area contributed by atoms with Gasteiger partial charge in [0.1, 0.15) is 5.75 Å². The molecule has 0 unspecified atom stereocenters. The number of likely N-dealkylation sites (tertiary alicyclic amines) is 1. The topological polar surface area (TPSA) is 68.5 Å². The fourth-order valence-electron chi connectivity index (χ4n) is 2.89. The quantitative estimate of drug-likeness (QED) is 0.637. The Hall–Kier alpha value is -2.67. The molecule has 1 aliphatic heterocycles. The van der Waals surface area contributed by atoms with Crippen molar-refractivity contribution < 1.29 is 13.9 Å². The summed E-state index contributed by atoms with van der Waals surface area (Å²) in [5, 5.41) is 0. The largest absolute Gasteiger partial charge is 0.453 e. The van der Waals surface area contributed by atoms with E-state index < -0.39 is 5.82 Å². The minimum absolute atomic E-state index is 0.0186. The zero-order valence-corrected chi connectivity index (χ0v) is 16.2. The molecule has 0 radical (unpaired) electrons. The number of rotatable bonds is 3. The smallest absolute Gasteiger partial charge is 0.264 e. The molecule has 3 heterocycles. The first-order valence-corrected chi connectivity index (χ1v) is 9.84. The maximum absolute atomic E-state index is 14.0. The number of halogens is 1. The molecule has 27 heavy (non-hydrogen) atoms. The Bertz CT molecular complexity index is 952. The van der Waals surface area contributed by atoms with Gasteiger partial charge >= 0.3 is 0 Å². The van der Waals surface area contributed by atoms with Gasteiger partial charge in [0, 0.05) is 37.1 Å². The van der Waals surface area contributed by atoms with Crippen LogP contribution in [0.15, 0.2) is 36.5 Å². The Balaban J connectivity index is 0.00000102. The van der Waals surface area contributed by atoms with Crippen LogP contribution in [0.1, 0.15) is 36.4 Å². The van der Waals surface area contributed by atoms with Crippen LogP contribution < -0.4 is 10.5 Å². The number of amides is 1. The highest BCUT2D eigenvalue weighted by atomic mass is 32.1. The Labute approximate surface area is 161 Å². The van der Waals surface area contributed by atoms with Crippen molar-refractivity contribution >= 4 is 33.1 Å². The number of fused-ring (bicyclic) bond motifs is 1. The van der Waals surface area contributed by atoms with Crippen molar-refractivity contribution in [3.8, 4) is 11.5 Å². The highest BCUT2D eigenvalue weighted by Gasteiger charge is 2.22. The van der Waals surface area contributed by atoms with Crippen LogP contribution in [0.4, 0.5) is 10.1 Å². The van der Waals surface area contributed by atoms with Gasteiger partial charge in [0.25, 0.3) is 5.91 Å². The van der Waals surface area contributed by atoms with Gasteiger partial charge in [-0.3, -0.25) is 9.78 Å². The second-order valence-corrected chi connectivity index (χ2v) is 6.98. The van der Waals surface area contributed by atoms with Gasteiger partial charge in [-0.15, -0.1) is 11.3 Å². The molecule has 4 rings (SSSR count). The first-order valence-electron chi connectivity index (χ1n) is 9.02. The third kappa shape index (κ3) is 4.03. The molecule has 1 aliphatic rings. The van der Waals surface area contributed by atoms with E-state index in [1.54, 1.807) is 24.4 Å². The average molecular weight is 387 g/mol. The second-order valence-electron chi connectivity index (χ2n) is 5.93. The molecule has 0 bridgehead atoms. The number of thiophene rings is 1. The molecule has 0 saturated carbocycles. The first-order chi connectivity index (χ1) is 13.1. The number of carbonyl (C=O) groups is 1. The summed E-state index contributed by atoms with van der Waals surface area (Å²) >= 11 is 1.32. The van der Waals surface area contributed by atoms with Crippen molar-refractivity contribution in [2.45, 2.75) is 26.7 Å². The summed E-state index contributed by atoms with van der Waals surface area (Å²) < 4.78 is 20.4. The Morgan fingerprint density at radius 1 is 1.19 bits per heavy atom. The van der Waals surface area contributed by atoms with Gasteiger partial charge in [0.15, 0.2) is 11.6 Å². The van der Waals surface area contributed by atoms with Crippen LogP contribution in [0.2, 0.25) is 0 Å². The normalized spacial score (nSPS) is 13.4. The fourth-order valence-corrected chi connectivity index (χ4v) is 3.93. The highest BCUT2D eigenvalue weighted by molar-refractivity contribution is 7.21. The molecular formula is C20H22FN3O2S. The zero-order valence-electron chi connectivity index (χ0n) is 15.4. The average Bonchev–Trinajstić information content (AvgIpc) is 3.35. The van der Waals surface area contributed by atoms with Crippen LogP contribution in [0.3, 0.4) is 0 Å². The van der Waals surface area contributed by atoms with Crippen molar-refractivity contribution in [1.82, 2.24) is 9.88 Å². The van der Waals surface area contributed by atoms with Crippen LogP contribution in [0.5, 0.6) is 11.5 Å². The molecule has 3 aromatic rings. The standard InChI is InChI=1S/C18H16FN3O2S.C2H6/c19-12-9-11(20)3-4-14(12)24-15-5-6-21-13-10-16(25-17(13)15)18(23)22-7-1-2-8-22;1-2/h3-6,9-10H,1-2,7-8,20H2;1-2H3. The number of benzene rings is 1. The second kappa shape index (κ2) is 8.35. The maximum Gasteiger partial charge on any atom is 0.264 e. The van der Waals surface area contributed by atoms with Crippen LogP contribution in [-0.4, -0.2) is 28.9 Å². The molecule has 2 aromatic heterocycles. The van der Waals surface area contributed by atoms with Gasteiger partial charge in [-0.05, 0) is 31.0 Å². The van der Waals surface area contributed by atoms with Crippen molar-refractivity contribution in [2.75, 3.05) is 18.8 Å². The number of aromatic nitrogens is 1. The van der Waals surface area contributed by atoms with Gasteiger partial charge in [-0.1, -0.05) is 13.8 Å². The lowest BCUT2D eigenvalue weighted by Gasteiger charge is -2.13. The maximum atomic E-state index is 14.0. The van der Waals surface area contributed by atoms with E-state index >= 15 is 0 Å². The number of ether oxygens (including phenoxy) is 1.